The monoisotopic (exact) mass is 452 g/mol. The van der Waals surface area contributed by atoms with Crippen LogP contribution in [0.5, 0.6) is 17.4 Å². The summed E-state index contributed by atoms with van der Waals surface area (Å²) in [6.07, 6.45) is 12.1. The fourth-order valence-corrected chi connectivity index (χ4v) is 3.78. The average Bonchev–Trinajstić information content (AvgIpc) is 3.28. The van der Waals surface area contributed by atoms with Crippen LogP contribution in [0.1, 0.15) is 5.56 Å². The first-order chi connectivity index (χ1) is 16.7. The van der Waals surface area contributed by atoms with Crippen LogP contribution < -0.4 is 19.1 Å². The predicted molar refractivity (Wildman–Crippen MR) is 125 cm³/mol. The van der Waals surface area contributed by atoms with Gasteiger partial charge in [-0.25, -0.2) is 14.5 Å². The van der Waals surface area contributed by atoms with Gasteiger partial charge in [0.05, 0.1) is 49.9 Å². The highest BCUT2D eigenvalue weighted by Crippen LogP contribution is 2.32. The Bertz CT molecular complexity index is 1390. The minimum Gasteiger partial charge on any atom is -0.485 e. The Morgan fingerprint density at radius 3 is 2.68 bits per heavy atom. The molecule has 0 bridgehead atoms. The number of pyridine rings is 3. The summed E-state index contributed by atoms with van der Waals surface area (Å²) >= 11 is 0. The summed E-state index contributed by atoms with van der Waals surface area (Å²) in [6, 6.07) is 11.6. The zero-order chi connectivity index (χ0) is 23.5. The van der Waals surface area contributed by atoms with Crippen LogP contribution in [-0.4, -0.2) is 52.5 Å². The molecule has 0 spiro atoms. The lowest BCUT2D eigenvalue weighted by Crippen LogP contribution is -2.54. The van der Waals surface area contributed by atoms with Crippen molar-refractivity contribution in [1.29, 1.82) is 5.26 Å². The van der Waals surface area contributed by atoms with Crippen LogP contribution in [0.15, 0.2) is 55.1 Å². The Balaban J connectivity index is 1.32. The number of hydrogen-bond donors (Lipinski definition) is 0. The van der Waals surface area contributed by atoms with E-state index < -0.39 is 0 Å². The van der Waals surface area contributed by atoms with Gasteiger partial charge in [0, 0.05) is 23.4 Å². The van der Waals surface area contributed by atoms with E-state index in [0.29, 0.717) is 28.5 Å². The van der Waals surface area contributed by atoms with Crippen molar-refractivity contribution >= 4 is 11.3 Å². The third-order valence-corrected chi connectivity index (χ3v) is 5.48. The molecular weight excluding hydrogens is 432 g/mol. The Morgan fingerprint density at radius 2 is 2.00 bits per heavy atom. The first-order valence-electron chi connectivity index (χ1n) is 10.5. The number of fused-ring (bicyclic) bond motifs is 1. The molecule has 5 heterocycles. The van der Waals surface area contributed by atoms with E-state index in [1.165, 1.54) is 6.20 Å². The van der Waals surface area contributed by atoms with E-state index in [-0.39, 0.29) is 12.7 Å². The molecule has 1 saturated heterocycles. The van der Waals surface area contributed by atoms with Crippen LogP contribution in [0.3, 0.4) is 0 Å². The second-order valence-electron chi connectivity index (χ2n) is 7.63. The molecule has 1 aliphatic rings. The summed E-state index contributed by atoms with van der Waals surface area (Å²) in [5.74, 6) is 5.12. The first kappa shape index (κ1) is 21.1. The third kappa shape index (κ3) is 4.03. The fourth-order valence-electron chi connectivity index (χ4n) is 3.78. The second kappa shape index (κ2) is 9.00. The van der Waals surface area contributed by atoms with E-state index in [2.05, 4.69) is 32.0 Å². The van der Waals surface area contributed by atoms with E-state index in [9.17, 15) is 5.26 Å². The van der Waals surface area contributed by atoms with E-state index in [4.69, 9.17) is 20.6 Å². The number of anilines is 1. The molecule has 4 aromatic rings. The van der Waals surface area contributed by atoms with Crippen molar-refractivity contribution in [3.63, 3.8) is 0 Å². The highest BCUT2D eigenvalue weighted by atomic mass is 16.5. The van der Waals surface area contributed by atoms with Gasteiger partial charge in [-0.05, 0) is 24.3 Å². The van der Waals surface area contributed by atoms with E-state index in [1.807, 2.05) is 24.3 Å². The predicted octanol–water partition coefficient (Wildman–Crippen LogP) is 2.95. The summed E-state index contributed by atoms with van der Waals surface area (Å²) in [7, 11) is 1.58. The van der Waals surface area contributed by atoms with Gasteiger partial charge in [0.1, 0.15) is 36.1 Å². The zero-order valence-corrected chi connectivity index (χ0v) is 18.4. The molecule has 0 radical (unpaired) electrons. The van der Waals surface area contributed by atoms with Crippen molar-refractivity contribution in [1.82, 2.24) is 19.6 Å². The topological polar surface area (TPSA) is 97.8 Å². The SMILES string of the molecule is C#CCOc1cc(-c2ccc(N3CC(Oc4ccc(OC)nc4)C3)nc2)c2c(C#N)cnn2c1. The molecule has 0 atom stereocenters. The van der Waals surface area contributed by atoms with Crippen LogP contribution in [0.25, 0.3) is 16.6 Å². The van der Waals surface area contributed by atoms with Crippen LogP contribution in [0, 0.1) is 23.7 Å². The molecule has 0 aromatic carbocycles. The second-order valence-corrected chi connectivity index (χ2v) is 7.63. The van der Waals surface area contributed by atoms with Gasteiger partial charge in [-0.2, -0.15) is 10.4 Å². The molecular formula is C25H20N6O3. The van der Waals surface area contributed by atoms with Crippen LogP contribution >= 0.6 is 0 Å². The summed E-state index contributed by atoms with van der Waals surface area (Å²) in [5.41, 5.74) is 2.79. The standard InChI is InChI=1S/C25H20N6O3/c1-3-8-33-20-9-22(25-18(10-26)12-29-31(25)16-20)17-4-6-23(27-11-17)30-14-21(15-30)34-19-5-7-24(32-2)28-13-19/h1,4-7,9,11-13,16,21H,8,14-15H2,2H3. The number of methoxy groups -OCH3 is 1. The number of ether oxygens (including phenoxy) is 3. The maximum atomic E-state index is 9.51. The average molecular weight is 452 g/mol. The smallest absolute Gasteiger partial charge is 0.213 e. The normalized spacial score (nSPS) is 13.1. The third-order valence-electron chi connectivity index (χ3n) is 5.48. The molecule has 0 N–H and O–H groups in total. The van der Waals surface area contributed by atoms with E-state index >= 15 is 0 Å². The molecule has 34 heavy (non-hydrogen) atoms. The summed E-state index contributed by atoms with van der Waals surface area (Å²) < 4.78 is 18.2. The van der Waals surface area contributed by atoms with Gasteiger partial charge in [-0.3, -0.25) is 0 Å². The number of nitriles is 1. The van der Waals surface area contributed by atoms with E-state index in [0.717, 1.165) is 30.0 Å². The van der Waals surface area contributed by atoms with Crippen LogP contribution in [-0.2, 0) is 0 Å². The quantitative estimate of drug-likeness (QED) is 0.395. The van der Waals surface area contributed by atoms with Crippen LogP contribution in [0.4, 0.5) is 5.82 Å². The molecule has 0 saturated carbocycles. The number of terminal acetylenes is 1. The van der Waals surface area contributed by atoms with Gasteiger partial charge in [0.15, 0.2) is 0 Å². The summed E-state index contributed by atoms with van der Waals surface area (Å²) in [6.45, 7) is 1.58. The number of hydrogen-bond acceptors (Lipinski definition) is 8. The van der Waals surface area contributed by atoms with Crippen molar-refractivity contribution in [2.75, 3.05) is 31.7 Å². The van der Waals surface area contributed by atoms with Gasteiger partial charge >= 0.3 is 0 Å². The van der Waals surface area contributed by atoms with Gasteiger partial charge in [0.2, 0.25) is 5.88 Å². The van der Waals surface area contributed by atoms with E-state index in [1.54, 1.807) is 36.3 Å². The lowest BCUT2D eigenvalue weighted by molar-refractivity contribution is 0.166. The highest BCUT2D eigenvalue weighted by Gasteiger charge is 2.29. The van der Waals surface area contributed by atoms with Gasteiger partial charge < -0.3 is 19.1 Å². The Morgan fingerprint density at radius 1 is 1.12 bits per heavy atom. The first-order valence-corrected chi connectivity index (χ1v) is 10.5. The lowest BCUT2D eigenvalue weighted by Gasteiger charge is -2.39. The number of aromatic nitrogens is 4. The minimum absolute atomic E-state index is 0.0614. The fraction of sp³-hybridized carbons (Fsp3) is 0.200. The zero-order valence-electron chi connectivity index (χ0n) is 18.4. The summed E-state index contributed by atoms with van der Waals surface area (Å²) in [5, 5.41) is 13.8. The van der Waals surface area contributed by atoms with Gasteiger partial charge in [0.25, 0.3) is 0 Å². The van der Waals surface area contributed by atoms with Crippen molar-refractivity contribution in [3.05, 3.63) is 60.7 Å². The van der Waals surface area contributed by atoms with Crippen molar-refractivity contribution < 1.29 is 14.2 Å². The molecule has 0 unspecified atom stereocenters. The lowest BCUT2D eigenvalue weighted by atomic mass is 10.0. The van der Waals surface area contributed by atoms with Crippen molar-refractivity contribution in [2.24, 2.45) is 0 Å². The van der Waals surface area contributed by atoms with Crippen molar-refractivity contribution in [2.45, 2.75) is 6.10 Å². The molecule has 9 heteroatoms. The Labute approximate surface area is 196 Å². The Hall–Kier alpha value is -4.76. The summed E-state index contributed by atoms with van der Waals surface area (Å²) in [4.78, 5) is 10.9. The molecule has 0 amide bonds. The van der Waals surface area contributed by atoms with Crippen LogP contribution in [0.2, 0.25) is 0 Å². The number of rotatable bonds is 7. The highest BCUT2D eigenvalue weighted by molar-refractivity contribution is 5.85. The molecule has 1 aliphatic heterocycles. The molecule has 0 aliphatic carbocycles. The largest absolute Gasteiger partial charge is 0.485 e. The molecule has 1 fully saturated rings. The van der Waals surface area contributed by atoms with Crippen molar-refractivity contribution in [3.8, 4) is 46.9 Å². The maximum Gasteiger partial charge on any atom is 0.213 e. The van der Waals surface area contributed by atoms with Gasteiger partial charge in [-0.1, -0.05) is 5.92 Å². The molecule has 5 rings (SSSR count). The minimum atomic E-state index is 0.0614. The Kier molecular flexibility index (Phi) is 5.59. The van der Waals surface area contributed by atoms with Gasteiger partial charge in [-0.15, -0.1) is 6.42 Å². The number of nitrogens with zero attached hydrogens (tertiary/aromatic N) is 6. The maximum absolute atomic E-state index is 9.51. The molecule has 168 valence electrons. The molecule has 9 nitrogen and oxygen atoms in total. The molecule has 4 aromatic heterocycles.